The first-order valence-corrected chi connectivity index (χ1v) is 10.2. The summed E-state index contributed by atoms with van der Waals surface area (Å²) in [6.07, 6.45) is 1.64. The lowest BCUT2D eigenvalue weighted by Crippen LogP contribution is -2.19. The smallest absolute Gasteiger partial charge is 0.271 e. The molecule has 0 fully saturated rings. The van der Waals surface area contributed by atoms with Crippen LogP contribution >= 0.6 is 11.3 Å². The number of carbonyl (C=O) groups excluding carboxylic acids is 1. The number of carbonyl (C=O) groups is 1. The summed E-state index contributed by atoms with van der Waals surface area (Å²) < 4.78 is 27.1. The van der Waals surface area contributed by atoms with Crippen molar-refractivity contribution in [3.63, 3.8) is 0 Å². The van der Waals surface area contributed by atoms with Crippen molar-refractivity contribution in [2.45, 2.75) is 11.1 Å². The van der Waals surface area contributed by atoms with Crippen molar-refractivity contribution in [1.82, 2.24) is 10.4 Å². The van der Waals surface area contributed by atoms with E-state index in [1.54, 1.807) is 36.7 Å². The Morgan fingerprint density at radius 1 is 1.07 bits per heavy atom. The third-order valence-electron chi connectivity index (χ3n) is 3.52. The fraction of sp³-hybridized carbons (Fsp3) is 0.0556. The normalized spacial score (nSPS) is 11.8. The largest absolute Gasteiger partial charge is 0.279 e. The molecule has 0 spiro atoms. The maximum Gasteiger partial charge on any atom is 0.271 e. The van der Waals surface area contributed by atoms with Crippen molar-refractivity contribution in [3.8, 4) is 0 Å². The Labute approximate surface area is 160 Å². The molecule has 0 radical (unpaired) electrons. The zero-order valence-corrected chi connectivity index (χ0v) is 15.9. The van der Waals surface area contributed by atoms with Crippen molar-refractivity contribution < 1.29 is 13.2 Å². The van der Waals surface area contributed by atoms with Crippen LogP contribution in [0.25, 0.3) is 0 Å². The monoisotopic (exact) mass is 400 g/mol. The van der Waals surface area contributed by atoms with Crippen LogP contribution in [0.4, 0.5) is 5.69 Å². The quantitative estimate of drug-likeness (QED) is 0.490. The molecule has 3 aromatic rings. The molecule has 0 atom stereocenters. The van der Waals surface area contributed by atoms with Crippen molar-refractivity contribution in [3.05, 3.63) is 77.4 Å². The predicted molar refractivity (Wildman–Crippen MR) is 105 cm³/mol. The van der Waals surface area contributed by atoms with E-state index in [9.17, 15) is 13.2 Å². The lowest BCUT2D eigenvalue weighted by molar-refractivity contribution is 0.0955. The van der Waals surface area contributed by atoms with Crippen LogP contribution in [0.2, 0.25) is 0 Å². The molecule has 7 nitrogen and oxygen atoms in total. The Kier molecular flexibility index (Phi) is 5.63. The number of pyridine rings is 1. The van der Waals surface area contributed by atoms with Gasteiger partial charge in [0.15, 0.2) is 0 Å². The van der Waals surface area contributed by atoms with E-state index in [2.05, 4.69) is 20.2 Å². The molecular formula is C18H16N4O3S2. The van der Waals surface area contributed by atoms with Gasteiger partial charge in [0.1, 0.15) is 4.21 Å². The minimum Gasteiger partial charge on any atom is -0.279 e. The van der Waals surface area contributed by atoms with Crippen LogP contribution in [-0.4, -0.2) is 25.0 Å². The first-order valence-electron chi connectivity index (χ1n) is 7.88. The molecule has 0 aliphatic rings. The molecule has 3 rings (SSSR count). The summed E-state index contributed by atoms with van der Waals surface area (Å²) in [6.45, 7) is 1.74. The van der Waals surface area contributed by atoms with Crippen LogP contribution in [0.15, 0.2) is 75.5 Å². The topological polar surface area (TPSA) is 101 Å². The van der Waals surface area contributed by atoms with E-state index in [0.29, 0.717) is 22.7 Å². The van der Waals surface area contributed by atoms with E-state index in [1.807, 2.05) is 6.07 Å². The van der Waals surface area contributed by atoms with Gasteiger partial charge in [0.2, 0.25) is 0 Å². The van der Waals surface area contributed by atoms with Gasteiger partial charge in [-0.2, -0.15) is 5.10 Å². The lowest BCUT2D eigenvalue weighted by atomic mass is 10.2. The molecule has 1 amide bonds. The average Bonchev–Trinajstić information content (AvgIpc) is 3.23. The second-order valence-electron chi connectivity index (χ2n) is 5.47. The zero-order chi connectivity index (χ0) is 19.3. The minimum atomic E-state index is -3.62. The number of thiophene rings is 1. The van der Waals surface area contributed by atoms with Crippen molar-refractivity contribution in [1.29, 1.82) is 0 Å². The second kappa shape index (κ2) is 8.11. The van der Waals surface area contributed by atoms with Gasteiger partial charge < -0.3 is 0 Å². The first kappa shape index (κ1) is 18.7. The number of hydrogen-bond donors (Lipinski definition) is 2. The van der Waals surface area contributed by atoms with Crippen LogP contribution in [0.3, 0.4) is 0 Å². The van der Waals surface area contributed by atoms with E-state index in [-0.39, 0.29) is 4.21 Å². The number of amides is 1. The minimum absolute atomic E-state index is 0.226. The van der Waals surface area contributed by atoms with Crippen molar-refractivity contribution in [2.24, 2.45) is 5.10 Å². The molecule has 0 aliphatic heterocycles. The van der Waals surface area contributed by atoms with E-state index in [0.717, 1.165) is 11.3 Å². The number of rotatable bonds is 6. The molecular weight excluding hydrogens is 384 g/mol. The summed E-state index contributed by atoms with van der Waals surface area (Å²) in [6, 6.07) is 14.7. The van der Waals surface area contributed by atoms with Crippen LogP contribution in [-0.2, 0) is 10.0 Å². The Morgan fingerprint density at radius 3 is 2.48 bits per heavy atom. The second-order valence-corrected chi connectivity index (χ2v) is 8.32. The number of sulfonamides is 1. The molecule has 0 aliphatic carbocycles. The van der Waals surface area contributed by atoms with Crippen LogP contribution < -0.4 is 10.1 Å². The maximum atomic E-state index is 12.2. The molecule has 1 aromatic carbocycles. The van der Waals surface area contributed by atoms with Crippen LogP contribution in [0, 0.1) is 0 Å². The molecule has 9 heteroatoms. The highest BCUT2D eigenvalue weighted by molar-refractivity contribution is 7.94. The highest BCUT2D eigenvalue weighted by Gasteiger charge is 2.15. The fourth-order valence-electron chi connectivity index (χ4n) is 2.14. The van der Waals surface area contributed by atoms with Crippen LogP contribution in [0.1, 0.15) is 23.0 Å². The molecule has 2 N–H and O–H groups in total. The lowest BCUT2D eigenvalue weighted by Gasteiger charge is -2.07. The van der Waals surface area contributed by atoms with E-state index >= 15 is 0 Å². The number of anilines is 1. The van der Waals surface area contributed by atoms with Crippen molar-refractivity contribution in [2.75, 3.05) is 4.72 Å². The van der Waals surface area contributed by atoms with Crippen molar-refractivity contribution >= 4 is 38.7 Å². The van der Waals surface area contributed by atoms with Gasteiger partial charge in [-0.3, -0.25) is 14.5 Å². The molecule has 0 saturated heterocycles. The van der Waals surface area contributed by atoms with Gasteiger partial charge in [-0.1, -0.05) is 12.1 Å². The third kappa shape index (κ3) is 4.78. The number of hydrogen-bond acceptors (Lipinski definition) is 6. The number of nitrogens with one attached hydrogen (secondary N) is 2. The van der Waals surface area contributed by atoms with Crippen LogP contribution in [0.5, 0.6) is 0 Å². The standard InChI is InChI=1S/C18H16N4O3S2/c1-13(16-5-2-3-11-19-16)20-21-18(23)14-7-9-15(10-8-14)22-27(24,25)17-6-4-12-26-17/h2-12,22H,1H3,(H,21,23)/b20-13+. The summed E-state index contributed by atoms with van der Waals surface area (Å²) in [5, 5.41) is 5.72. The molecule has 2 heterocycles. The van der Waals surface area contributed by atoms with Gasteiger partial charge in [0.05, 0.1) is 11.4 Å². The number of nitrogens with zero attached hydrogens (tertiary/aromatic N) is 2. The molecule has 138 valence electrons. The third-order valence-corrected chi connectivity index (χ3v) is 6.30. The fourth-order valence-corrected chi connectivity index (χ4v) is 4.20. The molecule has 0 saturated carbocycles. The SMILES string of the molecule is C/C(=N\NC(=O)c1ccc(NS(=O)(=O)c2cccs2)cc1)c1ccccn1. The molecule has 2 aromatic heterocycles. The van der Waals surface area contributed by atoms with E-state index in [1.165, 1.54) is 30.3 Å². The van der Waals surface area contributed by atoms with E-state index in [4.69, 9.17) is 0 Å². The van der Waals surface area contributed by atoms with Gasteiger partial charge >= 0.3 is 0 Å². The molecule has 0 bridgehead atoms. The Bertz CT molecular complexity index is 1050. The van der Waals surface area contributed by atoms with Gasteiger partial charge in [-0.05, 0) is 54.8 Å². The summed E-state index contributed by atoms with van der Waals surface area (Å²) in [5.41, 5.74) is 4.42. The molecule has 27 heavy (non-hydrogen) atoms. The Hall–Kier alpha value is -3.04. The zero-order valence-electron chi connectivity index (χ0n) is 14.3. The summed E-state index contributed by atoms with van der Waals surface area (Å²) in [5.74, 6) is -0.405. The summed E-state index contributed by atoms with van der Waals surface area (Å²) in [7, 11) is -3.62. The summed E-state index contributed by atoms with van der Waals surface area (Å²) >= 11 is 1.13. The first-order chi connectivity index (χ1) is 13.0. The van der Waals surface area contributed by atoms with E-state index < -0.39 is 15.9 Å². The number of benzene rings is 1. The Balaban J connectivity index is 1.66. The van der Waals surface area contributed by atoms with Gasteiger partial charge in [0, 0.05) is 17.4 Å². The average molecular weight is 400 g/mol. The summed E-state index contributed by atoms with van der Waals surface area (Å²) in [4.78, 5) is 16.3. The molecule has 0 unspecified atom stereocenters. The highest BCUT2D eigenvalue weighted by atomic mass is 32.2. The van der Waals surface area contributed by atoms with Gasteiger partial charge in [-0.25, -0.2) is 13.8 Å². The van der Waals surface area contributed by atoms with Gasteiger partial charge in [0.25, 0.3) is 15.9 Å². The predicted octanol–water partition coefficient (Wildman–Crippen LogP) is 3.10. The number of hydrazone groups is 1. The Morgan fingerprint density at radius 2 is 1.85 bits per heavy atom. The maximum absolute atomic E-state index is 12.2. The highest BCUT2D eigenvalue weighted by Crippen LogP contribution is 2.20. The van der Waals surface area contributed by atoms with Gasteiger partial charge in [-0.15, -0.1) is 11.3 Å². The number of aromatic nitrogens is 1.